The Balaban J connectivity index is 1.62. The highest BCUT2D eigenvalue weighted by atomic mass is 35.5. The van der Waals surface area contributed by atoms with E-state index in [9.17, 15) is 0 Å². The first kappa shape index (κ1) is 13.9. The van der Waals surface area contributed by atoms with E-state index < -0.39 is 0 Å². The standard InChI is InChI=1S/C15H21ClN4/c16-13-1-2-15-18-14(11-20(15)9-13)10-19-7-4-12(3-6-17)5-8-19/h1-2,9,11-12H,3-8,10,17H2. The fraction of sp³-hybridized carbons (Fsp3) is 0.533. The molecule has 1 aliphatic rings. The SMILES string of the molecule is NCCC1CCN(Cc2cn3cc(Cl)ccc3n2)CC1. The minimum atomic E-state index is 0.740. The Kier molecular flexibility index (Phi) is 4.24. The van der Waals surface area contributed by atoms with E-state index >= 15 is 0 Å². The lowest BCUT2D eigenvalue weighted by Gasteiger charge is -2.31. The number of imidazole rings is 1. The third-order valence-corrected chi connectivity index (χ3v) is 4.36. The molecule has 0 bridgehead atoms. The van der Waals surface area contributed by atoms with E-state index in [0.29, 0.717) is 0 Å². The molecule has 0 unspecified atom stereocenters. The normalized spacial score (nSPS) is 17.9. The molecule has 0 spiro atoms. The monoisotopic (exact) mass is 292 g/mol. The summed E-state index contributed by atoms with van der Waals surface area (Å²) in [6.07, 6.45) is 7.67. The van der Waals surface area contributed by atoms with Gasteiger partial charge in [0, 0.05) is 18.9 Å². The van der Waals surface area contributed by atoms with Gasteiger partial charge in [0.05, 0.1) is 10.7 Å². The molecule has 1 fully saturated rings. The summed E-state index contributed by atoms with van der Waals surface area (Å²) in [5.74, 6) is 0.816. The fourth-order valence-electron chi connectivity index (χ4n) is 2.99. The van der Waals surface area contributed by atoms with Gasteiger partial charge in [0.1, 0.15) is 5.65 Å². The lowest BCUT2D eigenvalue weighted by atomic mass is 9.93. The molecule has 0 radical (unpaired) electrons. The Bertz CT molecular complexity index is 572. The van der Waals surface area contributed by atoms with Crippen LogP contribution in [0, 0.1) is 5.92 Å². The van der Waals surface area contributed by atoms with Crippen LogP contribution in [0.3, 0.4) is 0 Å². The van der Waals surface area contributed by atoms with Gasteiger partial charge in [-0.1, -0.05) is 11.6 Å². The molecule has 5 heteroatoms. The summed E-state index contributed by atoms with van der Waals surface area (Å²) in [4.78, 5) is 7.13. The molecule has 0 amide bonds. The zero-order valence-corrected chi connectivity index (χ0v) is 12.4. The molecule has 2 aromatic heterocycles. The second-order valence-electron chi connectivity index (χ2n) is 5.64. The van der Waals surface area contributed by atoms with Crippen molar-refractivity contribution in [3.05, 3.63) is 35.2 Å². The molecule has 0 atom stereocenters. The number of fused-ring (bicyclic) bond motifs is 1. The van der Waals surface area contributed by atoms with Crippen molar-refractivity contribution in [2.75, 3.05) is 19.6 Å². The maximum absolute atomic E-state index is 6.00. The number of aromatic nitrogens is 2. The molecule has 2 aromatic rings. The van der Waals surface area contributed by atoms with E-state index in [4.69, 9.17) is 17.3 Å². The molecule has 1 saturated heterocycles. The number of likely N-dealkylation sites (tertiary alicyclic amines) is 1. The average molecular weight is 293 g/mol. The predicted octanol–water partition coefficient (Wildman–Crippen LogP) is 2.55. The zero-order chi connectivity index (χ0) is 13.9. The quantitative estimate of drug-likeness (QED) is 0.942. The van der Waals surface area contributed by atoms with Crippen LogP contribution >= 0.6 is 11.6 Å². The highest BCUT2D eigenvalue weighted by Crippen LogP contribution is 2.21. The molecule has 0 saturated carbocycles. The van der Waals surface area contributed by atoms with Crippen LogP contribution in [-0.2, 0) is 6.54 Å². The molecular formula is C15H21ClN4. The lowest BCUT2D eigenvalue weighted by molar-refractivity contribution is 0.172. The molecule has 0 aromatic carbocycles. The van der Waals surface area contributed by atoms with Crippen molar-refractivity contribution >= 4 is 17.2 Å². The zero-order valence-electron chi connectivity index (χ0n) is 11.6. The Morgan fingerprint density at radius 2 is 2.05 bits per heavy atom. The third kappa shape index (κ3) is 3.14. The van der Waals surface area contributed by atoms with E-state index in [1.807, 2.05) is 22.7 Å². The minimum absolute atomic E-state index is 0.740. The highest BCUT2D eigenvalue weighted by Gasteiger charge is 2.19. The van der Waals surface area contributed by atoms with Crippen molar-refractivity contribution in [1.29, 1.82) is 0 Å². The van der Waals surface area contributed by atoms with Crippen LogP contribution < -0.4 is 5.73 Å². The molecule has 2 N–H and O–H groups in total. The topological polar surface area (TPSA) is 46.6 Å². The van der Waals surface area contributed by atoms with Crippen molar-refractivity contribution in [3.63, 3.8) is 0 Å². The molecule has 108 valence electrons. The lowest BCUT2D eigenvalue weighted by Crippen LogP contribution is -2.33. The molecule has 4 nitrogen and oxygen atoms in total. The van der Waals surface area contributed by atoms with E-state index in [1.54, 1.807) is 0 Å². The summed E-state index contributed by atoms with van der Waals surface area (Å²) in [6, 6.07) is 3.84. The van der Waals surface area contributed by atoms with E-state index in [-0.39, 0.29) is 0 Å². The van der Waals surface area contributed by atoms with Crippen molar-refractivity contribution < 1.29 is 0 Å². The summed E-state index contributed by atoms with van der Waals surface area (Å²) in [7, 11) is 0. The molecule has 20 heavy (non-hydrogen) atoms. The van der Waals surface area contributed by atoms with Gasteiger partial charge in [-0.15, -0.1) is 0 Å². The van der Waals surface area contributed by atoms with Gasteiger partial charge in [0.25, 0.3) is 0 Å². The maximum atomic E-state index is 6.00. The van der Waals surface area contributed by atoms with Gasteiger partial charge < -0.3 is 10.1 Å². The highest BCUT2D eigenvalue weighted by molar-refractivity contribution is 6.30. The summed E-state index contributed by atoms with van der Waals surface area (Å²) in [5, 5.41) is 0.740. The van der Waals surface area contributed by atoms with Gasteiger partial charge in [0.15, 0.2) is 0 Å². The van der Waals surface area contributed by atoms with Gasteiger partial charge in [-0.2, -0.15) is 0 Å². The number of piperidine rings is 1. The maximum Gasteiger partial charge on any atom is 0.137 e. The number of rotatable bonds is 4. The van der Waals surface area contributed by atoms with Crippen LogP contribution in [0.4, 0.5) is 0 Å². The van der Waals surface area contributed by atoms with Crippen LogP contribution in [0.2, 0.25) is 5.02 Å². The van der Waals surface area contributed by atoms with Crippen molar-refractivity contribution in [2.45, 2.75) is 25.8 Å². The summed E-state index contributed by atoms with van der Waals surface area (Å²) < 4.78 is 2.00. The van der Waals surface area contributed by atoms with Gasteiger partial charge in [-0.05, 0) is 56.9 Å². The summed E-state index contributed by atoms with van der Waals surface area (Å²) in [5.41, 5.74) is 7.71. The number of nitrogens with zero attached hydrogens (tertiary/aromatic N) is 3. The van der Waals surface area contributed by atoms with Crippen LogP contribution in [-0.4, -0.2) is 33.9 Å². The fourth-order valence-corrected chi connectivity index (χ4v) is 3.16. The first-order valence-electron chi connectivity index (χ1n) is 7.30. The number of halogens is 1. The average Bonchev–Trinajstić information content (AvgIpc) is 2.82. The number of hydrogen-bond donors (Lipinski definition) is 1. The first-order chi connectivity index (χ1) is 9.74. The van der Waals surface area contributed by atoms with E-state index in [1.165, 1.54) is 19.3 Å². The Morgan fingerprint density at radius 1 is 1.25 bits per heavy atom. The smallest absolute Gasteiger partial charge is 0.137 e. The minimum Gasteiger partial charge on any atom is -0.330 e. The second kappa shape index (κ2) is 6.12. The van der Waals surface area contributed by atoms with E-state index in [2.05, 4.69) is 16.1 Å². The van der Waals surface area contributed by atoms with Gasteiger partial charge in [-0.3, -0.25) is 4.90 Å². The Morgan fingerprint density at radius 3 is 2.80 bits per heavy atom. The Labute approximate surface area is 124 Å². The first-order valence-corrected chi connectivity index (χ1v) is 7.68. The van der Waals surface area contributed by atoms with E-state index in [0.717, 1.165) is 48.5 Å². The van der Waals surface area contributed by atoms with Crippen molar-refractivity contribution in [1.82, 2.24) is 14.3 Å². The van der Waals surface area contributed by atoms with Gasteiger partial charge >= 0.3 is 0 Å². The molecule has 1 aliphatic heterocycles. The Hall–Kier alpha value is -1.10. The predicted molar refractivity (Wildman–Crippen MR) is 81.9 cm³/mol. The second-order valence-corrected chi connectivity index (χ2v) is 6.08. The van der Waals surface area contributed by atoms with Crippen LogP contribution in [0.15, 0.2) is 24.5 Å². The van der Waals surface area contributed by atoms with Crippen molar-refractivity contribution in [3.8, 4) is 0 Å². The van der Waals surface area contributed by atoms with Gasteiger partial charge in [-0.25, -0.2) is 4.98 Å². The van der Waals surface area contributed by atoms with Crippen molar-refractivity contribution in [2.24, 2.45) is 11.7 Å². The molecule has 3 heterocycles. The third-order valence-electron chi connectivity index (χ3n) is 4.13. The van der Waals surface area contributed by atoms with Crippen LogP contribution in [0.1, 0.15) is 25.0 Å². The summed E-state index contributed by atoms with van der Waals surface area (Å²) in [6.45, 7) is 4.05. The summed E-state index contributed by atoms with van der Waals surface area (Å²) >= 11 is 6.00. The molecule has 3 rings (SSSR count). The molecule has 0 aliphatic carbocycles. The van der Waals surface area contributed by atoms with Crippen LogP contribution in [0.25, 0.3) is 5.65 Å². The van der Waals surface area contributed by atoms with Gasteiger partial charge in [0.2, 0.25) is 0 Å². The largest absolute Gasteiger partial charge is 0.330 e. The number of nitrogens with two attached hydrogens (primary N) is 1. The molecular weight excluding hydrogens is 272 g/mol. The van der Waals surface area contributed by atoms with Crippen LogP contribution in [0.5, 0.6) is 0 Å². The number of pyridine rings is 1. The number of hydrogen-bond acceptors (Lipinski definition) is 3.